The van der Waals surface area contributed by atoms with Gasteiger partial charge in [-0.05, 0) is 25.1 Å². The molecule has 0 aliphatic carbocycles. The highest BCUT2D eigenvalue weighted by Crippen LogP contribution is 2.07. The molecule has 1 amide bonds. The van der Waals surface area contributed by atoms with Gasteiger partial charge in [0, 0.05) is 13.2 Å². The van der Waals surface area contributed by atoms with E-state index in [9.17, 15) is 4.79 Å². The summed E-state index contributed by atoms with van der Waals surface area (Å²) in [5.74, 6) is 0.304. The zero-order valence-electron chi connectivity index (χ0n) is 9.68. The van der Waals surface area contributed by atoms with Crippen LogP contribution in [0.2, 0.25) is 0 Å². The van der Waals surface area contributed by atoms with E-state index >= 15 is 0 Å². The van der Waals surface area contributed by atoms with Crippen molar-refractivity contribution >= 4 is 12.1 Å². The Morgan fingerprint density at radius 3 is 2.94 bits per heavy atom. The molecule has 0 aliphatic heterocycles. The smallest absolute Gasteiger partial charge is 0.274 e. The highest BCUT2D eigenvalue weighted by molar-refractivity contribution is 5.95. The molecule has 0 radical (unpaired) electrons. The SMILES string of the molecule is Cc1occc1C(=O)NN=Cc1cccn1C. The molecule has 2 heterocycles. The van der Waals surface area contributed by atoms with Crippen molar-refractivity contribution in [2.45, 2.75) is 6.92 Å². The second kappa shape index (κ2) is 4.69. The van der Waals surface area contributed by atoms with Crippen molar-refractivity contribution in [2.75, 3.05) is 0 Å². The number of rotatable bonds is 3. The summed E-state index contributed by atoms with van der Waals surface area (Å²) in [5.41, 5.74) is 3.85. The molecule has 0 spiro atoms. The molecule has 0 aliphatic rings. The number of amides is 1. The van der Waals surface area contributed by atoms with E-state index in [2.05, 4.69) is 10.5 Å². The number of nitrogens with zero attached hydrogens (tertiary/aromatic N) is 2. The van der Waals surface area contributed by atoms with Gasteiger partial charge < -0.3 is 8.98 Å². The Bertz CT molecular complexity index is 552. The molecule has 5 heteroatoms. The van der Waals surface area contributed by atoms with E-state index in [4.69, 9.17) is 4.42 Å². The molecule has 0 fully saturated rings. The predicted octanol–water partition coefficient (Wildman–Crippen LogP) is 1.69. The van der Waals surface area contributed by atoms with Gasteiger partial charge in [0.15, 0.2) is 0 Å². The third-order valence-electron chi connectivity index (χ3n) is 2.45. The Kier molecular flexibility index (Phi) is 3.09. The lowest BCUT2D eigenvalue weighted by molar-refractivity contribution is 0.0953. The van der Waals surface area contributed by atoms with E-state index in [1.165, 1.54) is 6.26 Å². The van der Waals surface area contributed by atoms with Crippen LogP contribution in [0.5, 0.6) is 0 Å². The zero-order valence-corrected chi connectivity index (χ0v) is 9.68. The molecule has 0 bridgehead atoms. The first kappa shape index (κ1) is 11.2. The normalized spacial score (nSPS) is 10.9. The summed E-state index contributed by atoms with van der Waals surface area (Å²) in [6.45, 7) is 1.73. The van der Waals surface area contributed by atoms with Crippen LogP contribution in [-0.4, -0.2) is 16.7 Å². The van der Waals surface area contributed by atoms with Crippen LogP contribution in [0, 0.1) is 6.92 Å². The van der Waals surface area contributed by atoms with Crippen molar-refractivity contribution in [3.8, 4) is 0 Å². The van der Waals surface area contributed by atoms with Gasteiger partial charge in [-0.1, -0.05) is 0 Å². The maximum absolute atomic E-state index is 11.6. The number of carbonyl (C=O) groups excluding carboxylic acids is 1. The first-order valence-electron chi connectivity index (χ1n) is 5.17. The van der Waals surface area contributed by atoms with Gasteiger partial charge in [0.25, 0.3) is 5.91 Å². The number of carbonyl (C=O) groups is 1. The molecule has 5 nitrogen and oxygen atoms in total. The first-order valence-corrected chi connectivity index (χ1v) is 5.17. The molecule has 2 rings (SSSR count). The van der Waals surface area contributed by atoms with Crippen LogP contribution in [0.3, 0.4) is 0 Å². The lowest BCUT2D eigenvalue weighted by Crippen LogP contribution is -2.18. The number of nitrogens with one attached hydrogen (secondary N) is 1. The first-order chi connectivity index (χ1) is 8.18. The molecule has 0 unspecified atom stereocenters. The van der Waals surface area contributed by atoms with E-state index in [0.717, 1.165) is 5.69 Å². The fourth-order valence-electron chi connectivity index (χ4n) is 1.45. The number of hydrogen-bond acceptors (Lipinski definition) is 3. The number of aromatic nitrogens is 1. The Hall–Kier alpha value is -2.30. The number of furan rings is 1. The lowest BCUT2D eigenvalue weighted by atomic mass is 10.2. The Morgan fingerprint density at radius 2 is 2.35 bits per heavy atom. The highest BCUT2D eigenvalue weighted by atomic mass is 16.3. The predicted molar refractivity (Wildman–Crippen MR) is 63.9 cm³/mol. The summed E-state index contributed by atoms with van der Waals surface area (Å²) >= 11 is 0. The number of hydrazone groups is 1. The van der Waals surface area contributed by atoms with Gasteiger partial charge in [-0.15, -0.1) is 0 Å². The van der Waals surface area contributed by atoms with Crippen LogP contribution in [0.1, 0.15) is 21.8 Å². The second-order valence-corrected chi connectivity index (χ2v) is 3.63. The van der Waals surface area contributed by atoms with Crippen molar-refractivity contribution in [3.05, 3.63) is 47.7 Å². The van der Waals surface area contributed by atoms with Crippen molar-refractivity contribution in [1.82, 2.24) is 9.99 Å². The van der Waals surface area contributed by atoms with Crippen LogP contribution < -0.4 is 5.43 Å². The summed E-state index contributed by atoms with van der Waals surface area (Å²) in [6.07, 6.45) is 4.97. The Balaban J connectivity index is 2.00. The molecule has 0 saturated heterocycles. The van der Waals surface area contributed by atoms with Gasteiger partial charge >= 0.3 is 0 Å². The molecule has 0 saturated carbocycles. The third kappa shape index (κ3) is 2.44. The molecule has 2 aromatic heterocycles. The van der Waals surface area contributed by atoms with E-state index < -0.39 is 0 Å². The standard InChI is InChI=1S/C12H13N3O2/c1-9-11(5-7-17-9)12(16)14-13-8-10-4-3-6-15(10)2/h3-8H,1-2H3,(H,14,16). The highest BCUT2D eigenvalue weighted by Gasteiger charge is 2.09. The van der Waals surface area contributed by atoms with Crippen molar-refractivity contribution in [2.24, 2.45) is 12.1 Å². The van der Waals surface area contributed by atoms with Crippen LogP contribution in [0.15, 0.2) is 40.2 Å². The molecule has 88 valence electrons. The summed E-state index contributed by atoms with van der Waals surface area (Å²) in [6, 6.07) is 5.42. The Labute approximate surface area is 98.7 Å². The van der Waals surface area contributed by atoms with E-state index in [1.54, 1.807) is 19.2 Å². The number of aryl methyl sites for hydroxylation is 2. The van der Waals surface area contributed by atoms with Gasteiger partial charge in [-0.3, -0.25) is 4.79 Å². The molecule has 0 aromatic carbocycles. The minimum atomic E-state index is -0.276. The molecular formula is C12H13N3O2. The monoisotopic (exact) mass is 231 g/mol. The topological polar surface area (TPSA) is 59.5 Å². The maximum atomic E-state index is 11.6. The van der Waals surface area contributed by atoms with Crippen LogP contribution in [0.4, 0.5) is 0 Å². The minimum absolute atomic E-state index is 0.276. The Morgan fingerprint density at radius 1 is 1.53 bits per heavy atom. The summed E-state index contributed by atoms with van der Waals surface area (Å²) < 4.78 is 6.94. The zero-order chi connectivity index (χ0) is 12.3. The van der Waals surface area contributed by atoms with Crippen molar-refractivity contribution in [1.29, 1.82) is 0 Å². The fourth-order valence-corrected chi connectivity index (χ4v) is 1.45. The minimum Gasteiger partial charge on any atom is -0.469 e. The van der Waals surface area contributed by atoms with Crippen molar-refractivity contribution in [3.63, 3.8) is 0 Å². The van der Waals surface area contributed by atoms with Crippen LogP contribution in [0.25, 0.3) is 0 Å². The van der Waals surface area contributed by atoms with Crippen LogP contribution in [-0.2, 0) is 7.05 Å². The molecule has 17 heavy (non-hydrogen) atoms. The number of hydrogen-bond donors (Lipinski definition) is 1. The summed E-state index contributed by atoms with van der Waals surface area (Å²) in [5, 5.41) is 3.88. The molecule has 2 aromatic rings. The maximum Gasteiger partial charge on any atom is 0.274 e. The van der Waals surface area contributed by atoms with Gasteiger partial charge in [-0.2, -0.15) is 5.10 Å². The molecule has 0 atom stereocenters. The van der Waals surface area contributed by atoms with Crippen molar-refractivity contribution < 1.29 is 9.21 Å². The average molecular weight is 231 g/mol. The van der Waals surface area contributed by atoms with Gasteiger partial charge in [0.05, 0.1) is 23.7 Å². The second-order valence-electron chi connectivity index (χ2n) is 3.63. The van der Waals surface area contributed by atoms with Gasteiger partial charge in [0.2, 0.25) is 0 Å². The van der Waals surface area contributed by atoms with Gasteiger partial charge in [0.1, 0.15) is 5.76 Å². The van der Waals surface area contributed by atoms with Crippen LogP contribution >= 0.6 is 0 Å². The van der Waals surface area contributed by atoms with E-state index in [-0.39, 0.29) is 5.91 Å². The van der Waals surface area contributed by atoms with E-state index in [1.807, 2.05) is 29.9 Å². The van der Waals surface area contributed by atoms with Gasteiger partial charge in [-0.25, -0.2) is 5.43 Å². The summed E-state index contributed by atoms with van der Waals surface area (Å²) in [4.78, 5) is 11.6. The fraction of sp³-hybridized carbons (Fsp3) is 0.167. The third-order valence-corrected chi connectivity index (χ3v) is 2.45. The lowest BCUT2D eigenvalue weighted by Gasteiger charge is -1.98. The summed E-state index contributed by atoms with van der Waals surface area (Å²) in [7, 11) is 1.91. The molecular weight excluding hydrogens is 218 g/mol. The molecule has 1 N–H and O–H groups in total. The quantitative estimate of drug-likeness (QED) is 0.645. The average Bonchev–Trinajstić information content (AvgIpc) is 2.88. The van der Waals surface area contributed by atoms with E-state index in [0.29, 0.717) is 11.3 Å². The largest absolute Gasteiger partial charge is 0.469 e.